The van der Waals surface area contributed by atoms with Crippen LogP contribution in [0.15, 0.2) is 24.3 Å². The summed E-state index contributed by atoms with van der Waals surface area (Å²) in [4.78, 5) is 14.6. The summed E-state index contributed by atoms with van der Waals surface area (Å²) in [6.07, 6.45) is 0.353. The van der Waals surface area contributed by atoms with Crippen LogP contribution in [0.2, 0.25) is 0 Å². The summed E-state index contributed by atoms with van der Waals surface area (Å²) in [5.41, 5.74) is 5.83. The van der Waals surface area contributed by atoms with Crippen LogP contribution in [0.25, 0.3) is 0 Å². The van der Waals surface area contributed by atoms with E-state index in [1.807, 2.05) is 0 Å². The van der Waals surface area contributed by atoms with Gasteiger partial charge < -0.3 is 11.1 Å². The maximum absolute atomic E-state index is 12.8. The lowest BCUT2D eigenvalue weighted by Crippen LogP contribution is -2.47. The summed E-state index contributed by atoms with van der Waals surface area (Å²) in [5.74, 6) is 0.461. The molecule has 0 bridgehead atoms. The molecule has 1 aliphatic carbocycles. The van der Waals surface area contributed by atoms with Gasteiger partial charge in [-0.05, 0) is 49.8 Å². The van der Waals surface area contributed by atoms with E-state index in [0.29, 0.717) is 24.6 Å². The van der Waals surface area contributed by atoms with Crippen molar-refractivity contribution in [2.24, 2.45) is 17.6 Å². The molecule has 2 fully saturated rings. The van der Waals surface area contributed by atoms with Crippen LogP contribution in [0.3, 0.4) is 0 Å². The molecule has 1 saturated heterocycles. The molecule has 3 rings (SSSR count). The highest BCUT2D eigenvalue weighted by atomic mass is 35.5. The lowest BCUT2D eigenvalue weighted by Gasteiger charge is -2.33. The fourth-order valence-electron chi connectivity index (χ4n) is 4.31. The van der Waals surface area contributed by atoms with Gasteiger partial charge in [0.2, 0.25) is 5.91 Å². The van der Waals surface area contributed by atoms with E-state index in [0.717, 1.165) is 51.3 Å². The van der Waals surface area contributed by atoms with Gasteiger partial charge in [-0.15, -0.1) is 24.8 Å². The first kappa shape index (κ1) is 26.0. The van der Waals surface area contributed by atoms with Crippen LogP contribution in [0.4, 0.5) is 13.2 Å². The minimum atomic E-state index is -4.31. The summed E-state index contributed by atoms with van der Waals surface area (Å²) >= 11 is 0. The number of carbonyl (C=O) groups excluding carboxylic acids is 1. The van der Waals surface area contributed by atoms with Crippen molar-refractivity contribution >= 4 is 30.7 Å². The number of benzene rings is 1. The Morgan fingerprint density at radius 3 is 2.45 bits per heavy atom. The number of likely N-dealkylation sites (tertiary alicyclic amines) is 1. The molecule has 29 heavy (non-hydrogen) atoms. The summed E-state index contributed by atoms with van der Waals surface area (Å²) in [7, 11) is 0. The summed E-state index contributed by atoms with van der Waals surface area (Å²) in [5, 5.41) is 3.17. The zero-order valence-corrected chi connectivity index (χ0v) is 17.9. The largest absolute Gasteiger partial charge is 0.416 e. The molecule has 3 N–H and O–H groups in total. The first-order valence-corrected chi connectivity index (χ1v) is 9.75. The Labute approximate surface area is 182 Å². The lowest BCUT2D eigenvalue weighted by molar-refractivity contribution is -0.137. The predicted octanol–water partition coefficient (Wildman–Crippen LogP) is 4.00. The van der Waals surface area contributed by atoms with E-state index in [2.05, 4.69) is 10.2 Å². The van der Waals surface area contributed by atoms with Crippen LogP contribution in [0.5, 0.6) is 0 Å². The third kappa shape index (κ3) is 7.02. The van der Waals surface area contributed by atoms with Gasteiger partial charge in [-0.1, -0.05) is 24.6 Å². The van der Waals surface area contributed by atoms with Crippen molar-refractivity contribution < 1.29 is 18.0 Å². The number of nitrogens with zero attached hydrogens (tertiary/aromatic N) is 1. The van der Waals surface area contributed by atoms with Gasteiger partial charge in [0.25, 0.3) is 0 Å². The number of rotatable bonds is 5. The number of hydrogen-bond donors (Lipinski definition) is 2. The summed E-state index contributed by atoms with van der Waals surface area (Å²) in [6, 6.07) is 5.66. The van der Waals surface area contributed by atoms with Crippen molar-refractivity contribution in [3.8, 4) is 0 Å². The molecular formula is C20H30Cl2F3N3O. The van der Waals surface area contributed by atoms with Gasteiger partial charge in [-0.2, -0.15) is 13.2 Å². The van der Waals surface area contributed by atoms with Crippen molar-refractivity contribution in [3.63, 3.8) is 0 Å². The zero-order valence-electron chi connectivity index (χ0n) is 16.3. The Morgan fingerprint density at radius 2 is 1.83 bits per heavy atom. The van der Waals surface area contributed by atoms with Gasteiger partial charge in [0.15, 0.2) is 0 Å². The highest BCUT2D eigenvalue weighted by molar-refractivity contribution is 5.85. The molecule has 1 saturated carbocycles. The van der Waals surface area contributed by atoms with E-state index in [4.69, 9.17) is 5.73 Å². The van der Waals surface area contributed by atoms with Crippen LogP contribution >= 0.6 is 24.8 Å². The molecular weight excluding hydrogens is 426 g/mol. The Kier molecular flexibility index (Phi) is 10.2. The number of piperidine rings is 1. The van der Waals surface area contributed by atoms with Crippen molar-refractivity contribution in [3.05, 3.63) is 35.4 Å². The predicted molar refractivity (Wildman–Crippen MR) is 112 cm³/mol. The van der Waals surface area contributed by atoms with E-state index in [1.165, 1.54) is 12.1 Å². The Bertz CT molecular complexity index is 652. The van der Waals surface area contributed by atoms with Gasteiger partial charge in [-0.25, -0.2) is 0 Å². The summed E-state index contributed by atoms with van der Waals surface area (Å²) in [6.45, 7) is 2.61. The number of carbonyl (C=O) groups is 1. The number of hydrogen-bond acceptors (Lipinski definition) is 3. The molecule has 9 heteroatoms. The molecule has 0 aromatic heterocycles. The van der Waals surface area contributed by atoms with Gasteiger partial charge in [-0.3, -0.25) is 9.69 Å². The number of nitrogens with one attached hydrogen (secondary N) is 1. The SMILES string of the molecule is Cl.Cl.NC[C@H]1CCC[C@H]1C(=O)NC1CCN(Cc2cccc(C(F)(F)F)c2)CC1. The zero-order chi connectivity index (χ0) is 19.4. The molecule has 2 atom stereocenters. The molecule has 0 unspecified atom stereocenters. The minimum Gasteiger partial charge on any atom is -0.353 e. The highest BCUT2D eigenvalue weighted by Crippen LogP contribution is 2.32. The first-order valence-electron chi connectivity index (χ1n) is 9.75. The first-order chi connectivity index (χ1) is 12.9. The van der Waals surface area contributed by atoms with Crippen LogP contribution < -0.4 is 11.1 Å². The second kappa shape index (κ2) is 11.4. The fourth-order valence-corrected chi connectivity index (χ4v) is 4.31. The van der Waals surface area contributed by atoms with Gasteiger partial charge in [0.05, 0.1) is 5.56 Å². The molecule has 0 spiro atoms. The molecule has 2 aliphatic rings. The quantitative estimate of drug-likeness (QED) is 0.704. The van der Waals surface area contributed by atoms with Gasteiger partial charge in [0, 0.05) is 31.6 Å². The average Bonchev–Trinajstić information content (AvgIpc) is 3.12. The second-order valence-corrected chi connectivity index (χ2v) is 7.79. The maximum atomic E-state index is 12.8. The summed E-state index contributed by atoms with van der Waals surface area (Å²) < 4.78 is 38.5. The number of amides is 1. The standard InChI is InChI=1S/C20H28F3N3O.2ClH/c21-20(22,23)16-5-1-3-14(11-16)13-26-9-7-17(8-10-26)25-19(27)18-6-2-4-15(18)12-24;;/h1,3,5,11,15,17-18H,2,4,6-10,12-13,24H2,(H,25,27);2*1H/t15-,18-;;/m1../s1. The topological polar surface area (TPSA) is 58.4 Å². The normalized spacial score (nSPS) is 23.2. The Morgan fingerprint density at radius 1 is 1.14 bits per heavy atom. The molecule has 166 valence electrons. The number of nitrogens with two attached hydrogens (primary N) is 1. The van der Waals surface area contributed by atoms with E-state index in [-0.39, 0.29) is 42.7 Å². The molecule has 1 heterocycles. The van der Waals surface area contributed by atoms with E-state index < -0.39 is 11.7 Å². The molecule has 0 radical (unpaired) electrons. The third-order valence-electron chi connectivity index (χ3n) is 5.89. The van der Waals surface area contributed by atoms with E-state index >= 15 is 0 Å². The Hall–Kier alpha value is -1.02. The van der Waals surface area contributed by atoms with Crippen LogP contribution in [-0.4, -0.2) is 36.5 Å². The van der Waals surface area contributed by atoms with Crippen molar-refractivity contribution in [1.82, 2.24) is 10.2 Å². The van der Waals surface area contributed by atoms with E-state index in [1.54, 1.807) is 6.07 Å². The molecule has 1 aromatic carbocycles. The average molecular weight is 456 g/mol. The van der Waals surface area contributed by atoms with E-state index in [9.17, 15) is 18.0 Å². The van der Waals surface area contributed by atoms with Gasteiger partial charge >= 0.3 is 6.18 Å². The number of halogens is 5. The Balaban J connectivity index is 0.00000210. The minimum absolute atomic E-state index is 0. The third-order valence-corrected chi connectivity index (χ3v) is 5.89. The molecule has 4 nitrogen and oxygen atoms in total. The fraction of sp³-hybridized carbons (Fsp3) is 0.650. The monoisotopic (exact) mass is 455 g/mol. The molecule has 1 amide bonds. The molecule has 1 aromatic rings. The smallest absolute Gasteiger partial charge is 0.353 e. The molecule has 1 aliphatic heterocycles. The highest BCUT2D eigenvalue weighted by Gasteiger charge is 2.33. The van der Waals surface area contributed by atoms with Crippen LogP contribution in [0.1, 0.15) is 43.2 Å². The maximum Gasteiger partial charge on any atom is 0.416 e. The lowest BCUT2D eigenvalue weighted by atomic mass is 9.94. The second-order valence-electron chi connectivity index (χ2n) is 7.79. The van der Waals surface area contributed by atoms with Crippen LogP contribution in [0, 0.1) is 11.8 Å². The van der Waals surface area contributed by atoms with Crippen molar-refractivity contribution in [2.45, 2.75) is 50.9 Å². The number of alkyl halides is 3. The van der Waals surface area contributed by atoms with Crippen molar-refractivity contribution in [2.75, 3.05) is 19.6 Å². The van der Waals surface area contributed by atoms with Crippen LogP contribution in [-0.2, 0) is 17.5 Å². The van der Waals surface area contributed by atoms with Crippen molar-refractivity contribution in [1.29, 1.82) is 0 Å². The van der Waals surface area contributed by atoms with Gasteiger partial charge in [0.1, 0.15) is 0 Å².